The van der Waals surface area contributed by atoms with Crippen molar-refractivity contribution >= 4 is 15.9 Å². The van der Waals surface area contributed by atoms with Crippen LogP contribution in [0.2, 0.25) is 0 Å². The van der Waals surface area contributed by atoms with Gasteiger partial charge < -0.3 is 5.32 Å². The average Bonchev–Trinajstić information content (AvgIpc) is 2.88. The van der Waals surface area contributed by atoms with Gasteiger partial charge in [-0.1, -0.05) is 20.3 Å². The molecule has 0 aromatic carbocycles. The monoisotopic (exact) mass is 299 g/mol. The smallest absolute Gasteiger partial charge is 0.0727 e. The Kier molecular flexibility index (Phi) is 4.26. The highest BCUT2D eigenvalue weighted by molar-refractivity contribution is 9.10. The van der Waals surface area contributed by atoms with Gasteiger partial charge in [0.1, 0.15) is 0 Å². The van der Waals surface area contributed by atoms with Crippen molar-refractivity contribution in [3.63, 3.8) is 0 Å². The number of halogens is 1. The first-order valence-electron chi connectivity index (χ1n) is 6.70. The zero-order chi connectivity index (χ0) is 12.3. The molecule has 1 unspecified atom stereocenters. The first kappa shape index (κ1) is 13.1. The lowest BCUT2D eigenvalue weighted by Crippen LogP contribution is -2.39. The molecular formula is C13H22BrN3. The summed E-state index contributed by atoms with van der Waals surface area (Å²) in [5.41, 5.74) is 1.51. The Hall–Kier alpha value is -0.350. The van der Waals surface area contributed by atoms with Gasteiger partial charge >= 0.3 is 0 Å². The summed E-state index contributed by atoms with van der Waals surface area (Å²) < 4.78 is 3.34. The van der Waals surface area contributed by atoms with Gasteiger partial charge in [0.15, 0.2) is 0 Å². The minimum absolute atomic E-state index is 0.152. The van der Waals surface area contributed by atoms with Crippen molar-refractivity contribution in [3.8, 4) is 0 Å². The molecule has 96 valence electrons. The first-order chi connectivity index (χ1) is 8.23. The predicted octanol–water partition coefficient (Wildman–Crippen LogP) is 3.43. The van der Waals surface area contributed by atoms with Crippen LogP contribution in [0.25, 0.3) is 0 Å². The number of hydrogen-bond donors (Lipinski definition) is 1. The fourth-order valence-electron chi connectivity index (χ4n) is 2.99. The van der Waals surface area contributed by atoms with Crippen molar-refractivity contribution in [1.29, 1.82) is 0 Å². The van der Waals surface area contributed by atoms with Gasteiger partial charge in [-0.15, -0.1) is 0 Å². The molecule has 1 aliphatic rings. The number of nitrogens with one attached hydrogen (secondary N) is 1. The Bertz CT molecular complexity index is 367. The van der Waals surface area contributed by atoms with Crippen LogP contribution in [-0.2, 0) is 12.1 Å². The van der Waals surface area contributed by atoms with E-state index in [0.717, 1.165) is 24.0 Å². The highest BCUT2D eigenvalue weighted by Gasteiger charge is 2.38. The molecule has 17 heavy (non-hydrogen) atoms. The molecule has 1 aromatic heterocycles. The summed E-state index contributed by atoms with van der Waals surface area (Å²) in [5.74, 6) is 0. The van der Waals surface area contributed by atoms with E-state index in [9.17, 15) is 0 Å². The molecule has 1 N–H and O–H groups in total. The van der Waals surface area contributed by atoms with Gasteiger partial charge in [-0.3, -0.25) is 4.68 Å². The molecule has 0 aliphatic carbocycles. The molecule has 1 aromatic rings. The van der Waals surface area contributed by atoms with E-state index in [1.54, 1.807) is 0 Å². The van der Waals surface area contributed by atoms with Gasteiger partial charge in [-0.05, 0) is 48.2 Å². The molecule has 3 nitrogen and oxygen atoms in total. The van der Waals surface area contributed by atoms with E-state index in [-0.39, 0.29) is 5.54 Å². The largest absolute Gasteiger partial charge is 0.306 e. The van der Waals surface area contributed by atoms with E-state index >= 15 is 0 Å². The van der Waals surface area contributed by atoms with E-state index in [1.165, 1.54) is 31.4 Å². The third-order valence-electron chi connectivity index (χ3n) is 3.60. The molecule has 2 rings (SSSR count). The molecule has 0 amide bonds. The van der Waals surface area contributed by atoms with Crippen molar-refractivity contribution in [2.75, 3.05) is 6.54 Å². The van der Waals surface area contributed by atoms with E-state index in [2.05, 4.69) is 44.9 Å². The molecule has 1 aliphatic heterocycles. The number of aromatic nitrogens is 2. The van der Waals surface area contributed by atoms with Crippen LogP contribution >= 0.6 is 15.9 Å². The lowest BCUT2D eigenvalue weighted by molar-refractivity contribution is 0.322. The summed E-state index contributed by atoms with van der Waals surface area (Å²) in [6.45, 7) is 6.60. The third-order valence-corrected chi connectivity index (χ3v) is 4.18. The fourth-order valence-corrected chi connectivity index (χ4v) is 3.66. The van der Waals surface area contributed by atoms with Crippen LogP contribution in [0, 0.1) is 0 Å². The van der Waals surface area contributed by atoms with Crippen molar-refractivity contribution in [2.45, 2.75) is 58.0 Å². The molecule has 4 heteroatoms. The fraction of sp³-hybridized carbons (Fsp3) is 0.769. The molecule has 1 atom stereocenters. The summed E-state index contributed by atoms with van der Waals surface area (Å²) in [7, 11) is 0. The average molecular weight is 300 g/mol. The second-order valence-electron chi connectivity index (χ2n) is 4.93. The minimum Gasteiger partial charge on any atom is -0.306 e. The summed E-state index contributed by atoms with van der Waals surface area (Å²) in [5, 5.41) is 8.23. The second kappa shape index (κ2) is 5.53. The summed E-state index contributed by atoms with van der Waals surface area (Å²) >= 11 is 3.68. The number of hydrogen-bond acceptors (Lipinski definition) is 2. The summed E-state index contributed by atoms with van der Waals surface area (Å²) in [6.07, 6.45) is 7.97. The Morgan fingerprint density at radius 1 is 1.47 bits per heavy atom. The molecule has 0 bridgehead atoms. The Morgan fingerprint density at radius 3 is 2.88 bits per heavy atom. The standard InChI is InChI=1S/C13H22BrN3/c1-3-6-13(7-5-8-15-13)12-11(14)10-16-17(12)9-4-2/h10,15H,3-9H2,1-2H3. The lowest BCUT2D eigenvalue weighted by Gasteiger charge is -2.30. The van der Waals surface area contributed by atoms with E-state index in [4.69, 9.17) is 0 Å². The maximum Gasteiger partial charge on any atom is 0.0727 e. The van der Waals surface area contributed by atoms with Crippen molar-refractivity contribution in [2.24, 2.45) is 0 Å². The van der Waals surface area contributed by atoms with Crippen molar-refractivity contribution in [1.82, 2.24) is 15.1 Å². The number of aryl methyl sites for hydroxylation is 1. The maximum absolute atomic E-state index is 4.51. The maximum atomic E-state index is 4.51. The van der Waals surface area contributed by atoms with Crippen molar-refractivity contribution < 1.29 is 0 Å². The van der Waals surface area contributed by atoms with Crippen LogP contribution in [-0.4, -0.2) is 16.3 Å². The molecule has 0 radical (unpaired) electrons. The van der Waals surface area contributed by atoms with Gasteiger partial charge in [0.2, 0.25) is 0 Å². The third kappa shape index (κ3) is 2.43. The number of rotatable bonds is 5. The van der Waals surface area contributed by atoms with Crippen LogP contribution in [0.15, 0.2) is 10.7 Å². The highest BCUT2D eigenvalue weighted by Crippen LogP contribution is 2.39. The lowest BCUT2D eigenvalue weighted by atomic mass is 9.88. The van der Waals surface area contributed by atoms with Crippen molar-refractivity contribution in [3.05, 3.63) is 16.4 Å². The molecule has 1 saturated heterocycles. The van der Waals surface area contributed by atoms with Crippen LogP contribution < -0.4 is 5.32 Å². The molecule has 0 saturated carbocycles. The molecular weight excluding hydrogens is 278 g/mol. The molecule has 0 spiro atoms. The van der Waals surface area contributed by atoms with Crippen LogP contribution in [0.1, 0.15) is 51.6 Å². The van der Waals surface area contributed by atoms with E-state index in [0.29, 0.717) is 0 Å². The Labute approximate surface area is 112 Å². The highest BCUT2D eigenvalue weighted by atomic mass is 79.9. The van der Waals surface area contributed by atoms with E-state index < -0.39 is 0 Å². The normalized spacial score (nSPS) is 24.4. The Balaban J connectivity index is 2.37. The molecule has 2 heterocycles. The zero-order valence-corrected chi connectivity index (χ0v) is 12.4. The van der Waals surface area contributed by atoms with Gasteiger partial charge in [0.05, 0.1) is 21.9 Å². The topological polar surface area (TPSA) is 29.9 Å². The second-order valence-corrected chi connectivity index (χ2v) is 5.78. The summed E-state index contributed by atoms with van der Waals surface area (Å²) in [4.78, 5) is 0. The van der Waals surface area contributed by atoms with Gasteiger partial charge in [-0.25, -0.2) is 0 Å². The number of nitrogens with zero attached hydrogens (tertiary/aromatic N) is 2. The summed E-state index contributed by atoms with van der Waals surface area (Å²) in [6, 6.07) is 0. The molecule has 1 fully saturated rings. The quantitative estimate of drug-likeness (QED) is 0.903. The van der Waals surface area contributed by atoms with Crippen LogP contribution in [0.4, 0.5) is 0 Å². The van der Waals surface area contributed by atoms with E-state index in [1.807, 2.05) is 6.20 Å². The first-order valence-corrected chi connectivity index (χ1v) is 7.49. The predicted molar refractivity (Wildman–Crippen MR) is 74.0 cm³/mol. The Morgan fingerprint density at radius 2 is 2.29 bits per heavy atom. The van der Waals surface area contributed by atoms with Gasteiger partial charge in [0, 0.05) is 6.54 Å². The van der Waals surface area contributed by atoms with Crippen LogP contribution in [0.3, 0.4) is 0 Å². The SMILES string of the molecule is CCCn1ncc(Br)c1C1(CCC)CCCN1. The zero-order valence-electron chi connectivity index (χ0n) is 10.8. The van der Waals surface area contributed by atoms with Gasteiger partial charge in [0.25, 0.3) is 0 Å². The van der Waals surface area contributed by atoms with Crippen LogP contribution in [0.5, 0.6) is 0 Å². The minimum atomic E-state index is 0.152. The van der Waals surface area contributed by atoms with Gasteiger partial charge in [-0.2, -0.15) is 5.10 Å².